The van der Waals surface area contributed by atoms with Crippen molar-refractivity contribution in [2.75, 3.05) is 7.11 Å². The number of hydrogen-bond acceptors (Lipinski definition) is 4. The Hall–Kier alpha value is -2.04. The summed E-state index contributed by atoms with van der Waals surface area (Å²) in [6, 6.07) is 6.88. The first-order chi connectivity index (χ1) is 8.89. The van der Waals surface area contributed by atoms with Crippen molar-refractivity contribution >= 4 is 11.9 Å². The van der Waals surface area contributed by atoms with Crippen LogP contribution in [-0.4, -0.2) is 24.5 Å². The molecule has 1 aromatic rings. The molecule has 0 saturated carbocycles. The third kappa shape index (κ3) is 3.24. The van der Waals surface area contributed by atoms with Gasteiger partial charge in [-0.2, -0.15) is 0 Å². The molecule has 1 atom stereocenters. The normalized spacial score (nSPS) is 18.8. The highest BCUT2D eigenvalue weighted by molar-refractivity contribution is 6.05. The van der Waals surface area contributed by atoms with E-state index in [-0.39, 0.29) is 11.4 Å². The third-order valence-electron chi connectivity index (χ3n) is 2.65. The fraction of sp³-hybridized carbons (Fsp3) is 0.429. The summed E-state index contributed by atoms with van der Waals surface area (Å²) in [5.41, 5.74) is 0.678. The molecule has 1 aliphatic rings. The van der Waals surface area contributed by atoms with Gasteiger partial charge in [0, 0.05) is 5.54 Å². The highest BCUT2D eigenvalue weighted by atomic mass is 16.5. The predicted molar refractivity (Wildman–Crippen MR) is 74.2 cm³/mol. The topological polar surface area (TPSA) is 62.7 Å². The zero-order valence-corrected chi connectivity index (χ0v) is 11.7. The van der Waals surface area contributed by atoms with Crippen molar-refractivity contribution in [3.05, 3.63) is 29.8 Å². The van der Waals surface area contributed by atoms with Crippen molar-refractivity contribution in [3.8, 4) is 5.75 Å². The number of rotatable bonds is 2. The molecule has 1 aromatic carbocycles. The van der Waals surface area contributed by atoms with Crippen LogP contribution in [0.15, 0.2) is 29.3 Å². The van der Waals surface area contributed by atoms with E-state index in [1.807, 2.05) is 45.0 Å². The summed E-state index contributed by atoms with van der Waals surface area (Å²) < 4.78 is 5.16. The van der Waals surface area contributed by atoms with Crippen LogP contribution in [0.1, 0.15) is 32.4 Å². The van der Waals surface area contributed by atoms with E-state index >= 15 is 0 Å². The highest BCUT2D eigenvalue weighted by Gasteiger charge is 2.29. The molecule has 0 spiro atoms. The molecule has 5 nitrogen and oxygen atoms in total. The van der Waals surface area contributed by atoms with Gasteiger partial charge in [-0.25, -0.2) is 4.99 Å². The second-order valence-corrected chi connectivity index (χ2v) is 5.52. The van der Waals surface area contributed by atoms with Gasteiger partial charge >= 0.3 is 0 Å². The van der Waals surface area contributed by atoms with Crippen LogP contribution in [0, 0.1) is 0 Å². The number of amides is 1. The van der Waals surface area contributed by atoms with E-state index in [1.165, 1.54) is 0 Å². The Morgan fingerprint density at radius 1 is 1.37 bits per heavy atom. The van der Waals surface area contributed by atoms with Crippen LogP contribution >= 0.6 is 0 Å². The zero-order valence-electron chi connectivity index (χ0n) is 11.7. The monoisotopic (exact) mass is 261 g/mol. The number of nitrogens with zero attached hydrogens (tertiary/aromatic N) is 1. The minimum Gasteiger partial charge on any atom is -0.497 e. The standard InChI is InChI=1S/C14H19N3O2/c1-14(2,3)17-13-15-11(12(18)16-13)9-6-5-7-10(8-9)19-4/h5-8,11H,1-4H3,(H2,15,16,17,18). The van der Waals surface area contributed by atoms with Gasteiger partial charge in [-0.15, -0.1) is 0 Å². The zero-order chi connectivity index (χ0) is 14.0. The summed E-state index contributed by atoms with van der Waals surface area (Å²) in [6.45, 7) is 6.04. The average molecular weight is 261 g/mol. The first kappa shape index (κ1) is 13.4. The Morgan fingerprint density at radius 2 is 2.11 bits per heavy atom. The molecule has 0 saturated heterocycles. The Morgan fingerprint density at radius 3 is 2.74 bits per heavy atom. The summed E-state index contributed by atoms with van der Waals surface area (Å²) >= 11 is 0. The van der Waals surface area contributed by atoms with Gasteiger partial charge in [0.05, 0.1) is 7.11 Å². The van der Waals surface area contributed by atoms with Crippen molar-refractivity contribution in [1.29, 1.82) is 0 Å². The Kier molecular flexibility index (Phi) is 3.46. The lowest BCUT2D eigenvalue weighted by Gasteiger charge is -2.21. The molecule has 0 aliphatic carbocycles. The Bertz CT molecular complexity index is 518. The van der Waals surface area contributed by atoms with E-state index in [0.29, 0.717) is 5.96 Å². The number of aliphatic imine (C=N–C) groups is 1. The molecule has 1 aliphatic heterocycles. The molecule has 5 heteroatoms. The molecular weight excluding hydrogens is 242 g/mol. The Balaban J connectivity index is 2.22. The SMILES string of the molecule is COc1cccc(C2N=C(NC(C)(C)C)NC2=O)c1. The molecule has 0 fully saturated rings. The Labute approximate surface area is 113 Å². The van der Waals surface area contributed by atoms with Crippen LogP contribution in [0.25, 0.3) is 0 Å². The van der Waals surface area contributed by atoms with E-state index in [0.717, 1.165) is 11.3 Å². The fourth-order valence-electron chi connectivity index (χ4n) is 1.86. The second kappa shape index (κ2) is 4.91. The summed E-state index contributed by atoms with van der Waals surface area (Å²) in [7, 11) is 1.60. The van der Waals surface area contributed by atoms with Crippen LogP contribution in [0.3, 0.4) is 0 Å². The number of carbonyl (C=O) groups is 1. The van der Waals surface area contributed by atoms with Crippen LogP contribution in [-0.2, 0) is 4.79 Å². The number of ether oxygens (including phenoxy) is 1. The summed E-state index contributed by atoms with van der Waals surface area (Å²) in [5, 5.41) is 5.92. The van der Waals surface area contributed by atoms with Gasteiger partial charge in [0.15, 0.2) is 12.0 Å². The first-order valence-corrected chi connectivity index (χ1v) is 6.20. The largest absolute Gasteiger partial charge is 0.497 e. The van der Waals surface area contributed by atoms with E-state index < -0.39 is 6.04 Å². The van der Waals surface area contributed by atoms with Gasteiger partial charge in [-0.05, 0) is 38.5 Å². The maximum Gasteiger partial charge on any atom is 0.256 e. The molecule has 1 heterocycles. The molecule has 0 bridgehead atoms. The van der Waals surface area contributed by atoms with E-state index in [1.54, 1.807) is 7.11 Å². The predicted octanol–water partition coefficient (Wildman–Crippen LogP) is 1.61. The van der Waals surface area contributed by atoms with Crippen molar-refractivity contribution in [2.24, 2.45) is 4.99 Å². The lowest BCUT2D eigenvalue weighted by Crippen LogP contribution is -2.46. The van der Waals surface area contributed by atoms with Gasteiger partial charge in [-0.3, -0.25) is 10.1 Å². The minimum absolute atomic E-state index is 0.125. The maximum absolute atomic E-state index is 12.0. The van der Waals surface area contributed by atoms with Crippen molar-refractivity contribution in [3.63, 3.8) is 0 Å². The van der Waals surface area contributed by atoms with Gasteiger partial charge in [-0.1, -0.05) is 12.1 Å². The third-order valence-corrected chi connectivity index (χ3v) is 2.65. The van der Waals surface area contributed by atoms with Crippen LogP contribution < -0.4 is 15.4 Å². The maximum atomic E-state index is 12.0. The quantitative estimate of drug-likeness (QED) is 0.850. The summed E-state index contributed by atoms with van der Waals surface area (Å²) in [4.78, 5) is 16.4. The number of methoxy groups -OCH3 is 1. The highest BCUT2D eigenvalue weighted by Crippen LogP contribution is 2.24. The lowest BCUT2D eigenvalue weighted by molar-refractivity contribution is -0.120. The molecule has 2 rings (SSSR count). The molecule has 2 N–H and O–H groups in total. The lowest BCUT2D eigenvalue weighted by atomic mass is 10.1. The average Bonchev–Trinajstić information content (AvgIpc) is 2.68. The fourth-order valence-corrected chi connectivity index (χ4v) is 1.86. The van der Waals surface area contributed by atoms with Gasteiger partial charge in [0.25, 0.3) is 5.91 Å². The van der Waals surface area contributed by atoms with E-state index in [9.17, 15) is 4.79 Å². The number of guanidine groups is 1. The van der Waals surface area contributed by atoms with E-state index in [2.05, 4.69) is 15.6 Å². The van der Waals surface area contributed by atoms with Gasteiger partial charge in [0.2, 0.25) is 0 Å². The smallest absolute Gasteiger partial charge is 0.256 e. The van der Waals surface area contributed by atoms with Gasteiger partial charge in [0.1, 0.15) is 5.75 Å². The van der Waals surface area contributed by atoms with Crippen molar-refractivity contribution in [2.45, 2.75) is 32.4 Å². The van der Waals surface area contributed by atoms with Crippen LogP contribution in [0.2, 0.25) is 0 Å². The number of carbonyl (C=O) groups excluding carboxylic acids is 1. The van der Waals surface area contributed by atoms with Crippen molar-refractivity contribution < 1.29 is 9.53 Å². The van der Waals surface area contributed by atoms with Gasteiger partial charge < -0.3 is 10.1 Å². The summed E-state index contributed by atoms with van der Waals surface area (Å²) in [6.07, 6.45) is 0. The molecule has 1 unspecified atom stereocenters. The second-order valence-electron chi connectivity index (χ2n) is 5.52. The molecule has 0 radical (unpaired) electrons. The molecule has 19 heavy (non-hydrogen) atoms. The number of benzene rings is 1. The molecule has 0 aromatic heterocycles. The first-order valence-electron chi connectivity index (χ1n) is 6.20. The number of nitrogens with one attached hydrogen (secondary N) is 2. The molecule has 102 valence electrons. The van der Waals surface area contributed by atoms with E-state index in [4.69, 9.17) is 4.74 Å². The number of hydrogen-bond donors (Lipinski definition) is 2. The van der Waals surface area contributed by atoms with Crippen molar-refractivity contribution in [1.82, 2.24) is 10.6 Å². The van der Waals surface area contributed by atoms with Crippen LogP contribution in [0.4, 0.5) is 0 Å². The molecule has 1 amide bonds. The minimum atomic E-state index is -0.514. The molecular formula is C14H19N3O2. The van der Waals surface area contributed by atoms with Crippen LogP contribution in [0.5, 0.6) is 5.75 Å². The summed E-state index contributed by atoms with van der Waals surface area (Å²) in [5.74, 6) is 1.11.